The number of carbonyl (C=O) groups excluding carboxylic acids is 1. The molecule has 1 unspecified atom stereocenters. The predicted octanol–water partition coefficient (Wildman–Crippen LogP) is 1.31. The van der Waals surface area contributed by atoms with Crippen LogP contribution in [0.2, 0.25) is 0 Å². The molecule has 0 N–H and O–H groups in total. The monoisotopic (exact) mass is 152 g/mol. The molecule has 0 aromatic rings. The molecular weight excluding hydrogens is 140 g/mol. The third kappa shape index (κ3) is 1.69. The minimum atomic E-state index is 0.0862. The van der Waals surface area contributed by atoms with E-state index in [-0.39, 0.29) is 6.10 Å². The van der Waals surface area contributed by atoms with Gasteiger partial charge in [-0.25, -0.2) is 0 Å². The fourth-order valence-electron chi connectivity index (χ4n) is 1.34. The van der Waals surface area contributed by atoms with Crippen molar-refractivity contribution >= 4 is 5.78 Å². The number of ketones is 1. The molecule has 2 nitrogen and oxygen atoms in total. The van der Waals surface area contributed by atoms with E-state index in [1.807, 2.05) is 12.2 Å². The average molecular weight is 152 g/mol. The van der Waals surface area contributed by atoms with Gasteiger partial charge in [-0.05, 0) is 12.8 Å². The lowest BCUT2D eigenvalue weighted by atomic mass is 10.1. The Morgan fingerprint density at radius 1 is 1.55 bits per heavy atom. The maximum absolute atomic E-state index is 11.2. The van der Waals surface area contributed by atoms with E-state index in [4.69, 9.17) is 4.74 Å². The van der Waals surface area contributed by atoms with Crippen LogP contribution in [-0.2, 0) is 9.53 Å². The highest BCUT2D eigenvalue weighted by Gasteiger charge is 2.30. The zero-order valence-corrected chi connectivity index (χ0v) is 6.45. The van der Waals surface area contributed by atoms with Gasteiger partial charge in [-0.15, -0.1) is 0 Å². The van der Waals surface area contributed by atoms with E-state index >= 15 is 0 Å². The van der Waals surface area contributed by atoms with Crippen molar-refractivity contribution in [1.82, 2.24) is 0 Å². The summed E-state index contributed by atoms with van der Waals surface area (Å²) >= 11 is 0. The van der Waals surface area contributed by atoms with Gasteiger partial charge in [-0.2, -0.15) is 0 Å². The molecule has 2 heteroatoms. The number of hydrogen-bond donors (Lipinski definition) is 0. The van der Waals surface area contributed by atoms with Crippen LogP contribution in [0, 0.1) is 5.92 Å². The highest BCUT2D eigenvalue weighted by molar-refractivity contribution is 5.83. The summed E-state index contributed by atoms with van der Waals surface area (Å²) in [5, 5.41) is 0. The minimum absolute atomic E-state index is 0.0862. The Bertz CT molecular complexity index is 192. The number of carbonyl (C=O) groups is 1. The van der Waals surface area contributed by atoms with E-state index in [9.17, 15) is 4.79 Å². The van der Waals surface area contributed by atoms with Gasteiger partial charge in [0.2, 0.25) is 0 Å². The molecule has 0 aromatic heterocycles. The molecule has 1 atom stereocenters. The van der Waals surface area contributed by atoms with Crippen LogP contribution in [-0.4, -0.2) is 18.5 Å². The second-order valence-corrected chi connectivity index (χ2v) is 3.24. The van der Waals surface area contributed by atoms with Gasteiger partial charge in [-0.1, -0.05) is 12.2 Å². The maximum Gasteiger partial charge on any atom is 0.138 e. The van der Waals surface area contributed by atoms with Crippen molar-refractivity contribution in [2.75, 3.05) is 6.61 Å². The first-order chi connectivity index (χ1) is 5.36. The van der Waals surface area contributed by atoms with Crippen molar-refractivity contribution in [2.45, 2.75) is 25.4 Å². The summed E-state index contributed by atoms with van der Waals surface area (Å²) in [6, 6.07) is 0. The largest absolute Gasteiger partial charge is 0.370 e. The second-order valence-electron chi connectivity index (χ2n) is 3.24. The minimum Gasteiger partial charge on any atom is -0.370 e. The van der Waals surface area contributed by atoms with Crippen LogP contribution in [0.4, 0.5) is 0 Å². The molecule has 1 heterocycles. The zero-order chi connectivity index (χ0) is 7.68. The van der Waals surface area contributed by atoms with Crippen LogP contribution in [0.25, 0.3) is 0 Å². The standard InChI is InChI=1S/C9H12O2/c10-9(7-3-4-7)6-8-2-1-5-11-8/h1-2,7-8H,3-6H2. The summed E-state index contributed by atoms with van der Waals surface area (Å²) in [5.74, 6) is 0.772. The summed E-state index contributed by atoms with van der Waals surface area (Å²) in [5.41, 5.74) is 0. The van der Waals surface area contributed by atoms with E-state index in [2.05, 4.69) is 0 Å². The molecule has 11 heavy (non-hydrogen) atoms. The van der Waals surface area contributed by atoms with Crippen LogP contribution in [0.15, 0.2) is 12.2 Å². The molecule has 1 saturated carbocycles. The Balaban J connectivity index is 1.79. The first kappa shape index (κ1) is 7.04. The maximum atomic E-state index is 11.2. The van der Waals surface area contributed by atoms with Crippen molar-refractivity contribution in [2.24, 2.45) is 5.92 Å². The molecule has 0 saturated heterocycles. The summed E-state index contributed by atoms with van der Waals surface area (Å²) in [6.07, 6.45) is 6.86. The predicted molar refractivity (Wildman–Crippen MR) is 41.2 cm³/mol. The Kier molecular flexibility index (Phi) is 1.78. The van der Waals surface area contributed by atoms with Gasteiger partial charge < -0.3 is 4.74 Å². The topological polar surface area (TPSA) is 26.3 Å². The molecule has 60 valence electrons. The molecular formula is C9H12O2. The second kappa shape index (κ2) is 2.78. The Hall–Kier alpha value is -0.630. The molecule has 2 aliphatic rings. The zero-order valence-electron chi connectivity index (χ0n) is 6.45. The molecule has 2 rings (SSSR count). The van der Waals surface area contributed by atoms with Gasteiger partial charge in [0, 0.05) is 12.3 Å². The Labute approximate surface area is 66.2 Å². The van der Waals surface area contributed by atoms with Crippen molar-refractivity contribution in [3.8, 4) is 0 Å². The first-order valence-corrected chi connectivity index (χ1v) is 4.17. The van der Waals surface area contributed by atoms with Crippen LogP contribution >= 0.6 is 0 Å². The van der Waals surface area contributed by atoms with E-state index in [1.165, 1.54) is 0 Å². The lowest BCUT2D eigenvalue weighted by Gasteiger charge is -2.05. The van der Waals surface area contributed by atoms with Gasteiger partial charge in [-0.3, -0.25) is 4.79 Å². The average Bonchev–Trinajstić information content (AvgIpc) is 2.73. The molecule has 0 aromatic carbocycles. The van der Waals surface area contributed by atoms with Crippen LogP contribution in [0.5, 0.6) is 0 Å². The van der Waals surface area contributed by atoms with Gasteiger partial charge in [0.1, 0.15) is 5.78 Å². The quantitative estimate of drug-likeness (QED) is 0.570. The molecule has 0 bridgehead atoms. The molecule has 0 radical (unpaired) electrons. The van der Waals surface area contributed by atoms with E-state index < -0.39 is 0 Å². The third-order valence-electron chi connectivity index (χ3n) is 2.19. The fourth-order valence-corrected chi connectivity index (χ4v) is 1.34. The summed E-state index contributed by atoms with van der Waals surface area (Å²) in [7, 11) is 0. The molecule has 1 aliphatic carbocycles. The number of Topliss-reactive ketones (excluding diaryl/α,β-unsaturated/α-hetero) is 1. The highest BCUT2D eigenvalue weighted by atomic mass is 16.5. The van der Waals surface area contributed by atoms with Crippen LogP contribution in [0.1, 0.15) is 19.3 Å². The fraction of sp³-hybridized carbons (Fsp3) is 0.667. The Morgan fingerprint density at radius 3 is 2.91 bits per heavy atom. The highest BCUT2D eigenvalue weighted by Crippen LogP contribution is 2.31. The summed E-state index contributed by atoms with van der Waals surface area (Å²) in [4.78, 5) is 11.2. The number of hydrogen-bond acceptors (Lipinski definition) is 2. The van der Waals surface area contributed by atoms with Gasteiger partial charge in [0.05, 0.1) is 12.7 Å². The molecule has 0 amide bonds. The number of ether oxygens (including phenoxy) is 1. The van der Waals surface area contributed by atoms with E-state index in [1.54, 1.807) is 0 Å². The lowest BCUT2D eigenvalue weighted by molar-refractivity contribution is -0.121. The van der Waals surface area contributed by atoms with Crippen LogP contribution < -0.4 is 0 Å². The smallest absolute Gasteiger partial charge is 0.138 e. The SMILES string of the molecule is O=C(CC1C=CCO1)C1CC1. The van der Waals surface area contributed by atoms with E-state index in [0.717, 1.165) is 12.8 Å². The van der Waals surface area contributed by atoms with Gasteiger partial charge in [0.15, 0.2) is 0 Å². The normalized spacial score (nSPS) is 29.3. The third-order valence-corrected chi connectivity index (χ3v) is 2.19. The molecule has 1 aliphatic heterocycles. The number of rotatable bonds is 3. The molecule has 1 fully saturated rings. The van der Waals surface area contributed by atoms with Crippen molar-refractivity contribution < 1.29 is 9.53 Å². The van der Waals surface area contributed by atoms with Crippen LogP contribution in [0.3, 0.4) is 0 Å². The molecule has 0 spiro atoms. The van der Waals surface area contributed by atoms with Crippen molar-refractivity contribution in [3.63, 3.8) is 0 Å². The summed E-state index contributed by atoms with van der Waals surface area (Å²) < 4.78 is 5.27. The summed E-state index contributed by atoms with van der Waals surface area (Å²) in [6.45, 7) is 0.683. The Morgan fingerprint density at radius 2 is 2.36 bits per heavy atom. The van der Waals surface area contributed by atoms with Crippen molar-refractivity contribution in [1.29, 1.82) is 0 Å². The van der Waals surface area contributed by atoms with Gasteiger partial charge >= 0.3 is 0 Å². The van der Waals surface area contributed by atoms with Gasteiger partial charge in [0.25, 0.3) is 0 Å². The van der Waals surface area contributed by atoms with Crippen molar-refractivity contribution in [3.05, 3.63) is 12.2 Å². The lowest BCUT2D eigenvalue weighted by Crippen LogP contribution is -2.13. The first-order valence-electron chi connectivity index (χ1n) is 4.17. The van der Waals surface area contributed by atoms with E-state index in [0.29, 0.717) is 24.7 Å².